The average molecular weight is 334 g/mol. The first-order chi connectivity index (χ1) is 11.2. The molecule has 1 aliphatic carbocycles. The van der Waals surface area contributed by atoms with E-state index in [-0.39, 0.29) is 5.82 Å². The SMILES string of the molecule is Fc1ccc(COc2cccc(CNC3CCCC3)c2)c(Cl)c1. The summed E-state index contributed by atoms with van der Waals surface area (Å²) in [4.78, 5) is 0. The van der Waals surface area contributed by atoms with Crippen LogP contribution in [-0.2, 0) is 13.2 Å². The molecule has 0 saturated heterocycles. The highest BCUT2D eigenvalue weighted by molar-refractivity contribution is 6.31. The zero-order valence-corrected chi connectivity index (χ0v) is 13.8. The highest BCUT2D eigenvalue weighted by atomic mass is 35.5. The van der Waals surface area contributed by atoms with Crippen molar-refractivity contribution in [1.82, 2.24) is 5.32 Å². The monoisotopic (exact) mass is 333 g/mol. The van der Waals surface area contributed by atoms with E-state index >= 15 is 0 Å². The molecule has 122 valence electrons. The van der Waals surface area contributed by atoms with Crippen LogP contribution in [0.5, 0.6) is 5.75 Å². The van der Waals surface area contributed by atoms with E-state index in [1.165, 1.54) is 43.4 Å². The minimum atomic E-state index is -0.335. The summed E-state index contributed by atoms with van der Waals surface area (Å²) < 4.78 is 18.8. The summed E-state index contributed by atoms with van der Waals surface area (Å²) in [5.74, 6) is 0.467. The second-order valence-corrected chi connectivity index (χ2v) is 6.44. The molecule has 4 heteroatoms. The number of halogens is 2. The predicted molar refractivity (Wildman–Crippen MR) is 91.3 cm³/mol. The third-order valence-electron chi connectivity index (χ3n) is 4.26. The zero-order chi connectivity index (χ0) is 16.1. The number of ether oxygens (including phenoxy) is 1. The van der Waals surface area contributed by atoms with Crippen molar-refractivity contribution in [2.24, 2.45) is 0 Å². The van der Waals surface area contributed by atoms with Gasteiger partial charge in [0.15, 0.2) is 0 Å². The first-order valence-corrected chi connectivity index (χ1v) is 8.47. The molecule has 0 aromatic heterocycles. The molecule has 0 unspecified atom stereocenters. The summed E-state index contributed by atoms with van der Waals surface area (Å²) >= 11 is 6.02. The van der Waals surface area contributed by atoms with E-state index in [0.717, 1.165) is 17.9 Å². The van der Waals surface area contributed by atoms with Gasteiger partial charge in [-0.2, -0.15) is 0 Å². The minimum absolute atomic E-state index is 0.332. The average Bonchev–Trinajstić information content (AvgIpc) is 3.06. The van der Waals surface area contributed by atoms with Gasteiger partial charge in [0.1, 0.15) is 18.2 Å². The van der Waals surface area contributed by atoms with Gasteiger partial charge < -0.3 is 10.1 Å². The lowest BCUT2D eigenvalue weighted by atomic mass is 10.2. The second-order valence-electron chi connectivity index (χ2n) is 6.03. The Labute approximate surface area is 141 Å². The lowest BCUT2D eigenvalue weighted by Crippen LogP contribution is -2.25. The van der Waals surface area contributed by atoms with Gasteiger partial charge in [0.05, 0.1) is 5.02 Å². The van der Waals surface area contributed by atoms with Crippen molar-refractivity contribution in [2.45, 2.75) is 44.9 Å². The van der Waals surface area contributed by atoms with Crippen LogP contribution in [0.1, 0.15) is 36.8 Å². The summed E-state index contributed by atoms with van der Waals surface area (Å²) in [7, 11) is 0. The molecule has 0 aliphatic heterocycles. The van der Waals surface area contributed by atoms with Crippen LogP contribution in [0.4, 0.5) is 4.39 Å². The van der Waals surface area contributed by atoms with Gasteiger partial charge in [-0.25, -0.2) is 4.39 Å². The maximum Gasteiger partial charge on any atom is 0.124 e. The molecule has 0 amide bonds. The molecular weight excluding hydrogens is 313 g/mol. The summed E-state index contributed by atoms with van der Waals surface area (Å²) in [6.45, 7) is 1.19. The van der Waals surface area contributed by atoms with Crippen LogP contribution in [0, 0.1) is 5.82 Å². The van der Waals surface area contributed by atoms with Crippen molar-refractivity contribution in [3.8, 4) is 5.75 Å². The molecule has 2 aromatic carbocycles. The van der Waals surface area contributed by atoms with Crippen molar-refractivity contribution >= 4 is 11.6 Å². The Morgan fingerprint density at radius 1 is 1.13 bits per heavy atom. The van der Waals surface area contributed by atoms with Crippen molar-refractivity contribution in [1.29, 1.82) is 0 Å². The molecule has 1 aliphatic rings. The van der Waals surface area contributed by atoms with Gasteiger partial charge in [-0.1, -0.05) is 42.6 Å². The van der Waals surface area contributed by atoms with Crippen LogP contribution in [0.2, 0.25) is 5.02 Å². The van der Waals surface area contributed by atoms with E-state index in [1.54, 1.807) is 6.07 Å². The molecule has 1 saturated carbocycles. The first-order valence-electron chi connectivity index (χ1n) is 8.10. The number of benzene rings is 2. The van der Waals surface area contributed by atoms with E-state index < -0.39 is 0 Å². The Bertz CT molecular complexity index is 656. The summed E-state index contributed by atoms with van der Waals surface area (Å²) in [5, 5.41) is 3.99. The van der Waals surface area contributed by atoms with Crippen molar-refractivity contribution < 1.29 is 9.13 Å². The quantitative estimate of drug-likeness (QED) is 0.795. The summed E-state index contributed by atoms with van der Waals surface area (Å²) in [5.41, 5.74) is 1.99. The Hall–Kier alpha value is -1.58. The first kappa shape index (κ1) is 16.3. The minimum Gasteiger partial charge on any atom is -0.489 e. The van der Waals surface area contributed by atoms with Crippen LogP contribution in [0.15, 0.2) is 42.5 Å². The Morgan fingerprint density at radius 3 is 2.74 bits per heavy atom. The molecule has 1 fully saturated rings. The fourth-order valence-corrected chi connectivity index (χ4v) is 3.16. The molecule has 23 heavy (non-hydrogen) atoms. The van der Waals surface area contributed by atoms with Crippen LogP contribution >= 0.6 is 11.6 Å². The third-order valence-corrected chi connectivity index (χ3v) is 4.61. The fourth-order valence-electron chi connectivity index (χ4n) is 2.94. The van der Waals surface area contributed by atoms with Crippen molar-refractivity contribution in [2.75, 3.05) is 0 Å². The van der Waals surface area contributed by atoms with Crippen molar-refractivity contribution in [3.63, 3.8) is 0 Å². The Kier molecular flexibility index (Phi) is 5.52. The lowest BCUT2D eigenvalue weighted by molar-refractivity contribution is 0.305. The fraction of sp³-hybridized carbons (Fsp3) is 0.368. The van der Waals surface area contributed by atoms with Gasteiger partial charge >= 0.3 is 0 Å². The van der Waals surface area contributed by atoms with Crippen LogP contribution in [0.3, 0.4) is 0 Å². The maximum absolute atomic E-state index is 13.0. The van der Waals surface area contributed by atoms with Crippen LogP contribution < -0.4 is 10.1 Å². The van der Waals surface area contributed by atoms with Gasteiger partial charge in [0, 0.05) is 18.2 Å². The molecule has 1 N–H and O–H groups in total. The lowest BCUT2D eigenvalue weighted by Gasteiger charge is -2.13. The molecule has 0 spiro atoms. The molecule has 0 bridgehead atoms. The number of nitrogens with one attached hydrogen (secondary N) is 1. The second kappa shape index (κ2) is 7.80. The normalized spacial score (nSPS) is 15.0. The Balaban J connectivity index is 1.56. The van der Waals surface area contributed by atoms with Crippen LogP contribution in [-0.4, -0.2) is 6.04 Å². The van der Waals surface area contributed by atoms with Crippen LogP contribution in [0.25, 0.3) is 0 Å². The van der Waals surface area contributed by atoms with Crippen molar-refractivity contribution in [3.05, 3.63) is 64.4 Å². The maximum atomic E-state index is 13.0. The summed E-state index contributed by atoms with van der Waals surface area (Å²) in [6.07, 6.45) is 5.22. The molecule has 2 nitrogen and oxygen atoms in total. The highest BCUT2D eigenvalue weighted by Crippen LogP contribution is 2.21. The van der Waals surface area contributed by atoms with E-state index in [0.29, 0.717) is 17.7 Å². The van der Waals surface area contributed by atoms with Gasteiger partial charge in [-0.3, -0.25) is 0 Å². The smallest absolute Gasteiger partial charge is 0.124 e. The molecule has 3 rings (SSSR count). The number of hydrogen-bond acceptors (Lipinski definition) is 2. The largest absolute Gasteiger partial charge is 0.489 e. The molecule has 0 atom stereocenters. The van der Waals surface area contributed by atoms with Gasteiger partial charge in [0.2, 0.25) is 0 Å². The van der Waals surface area contributed by atoms with E-state index in [1.807, 2.05) is 18.2 Å². The molecular formula is C19H21ClFNO. The molecule has 0 heterocycles. The van der Waals surface area contributed by atoms with Gasteiger partial charge in [-0.15, -0.1) is 0 Å². The predicted octanol–water partition coefficient (Wildman–Crippen LogP) is 5.09. The number of hydrogen-bond donors (Lipinski definition) is 1. The van der Waals surface area contributed by atoms with E-state index in [9.17, 15) is 4.39 Å². The molecule has 2 aromatic rings. The third kappa shape index (κ3) is 4.69. The van der Waals surface area contributed by atoms with Gasteiger partial charge in [-0.05, 0) is 42.7 Å². The standard InChI is InChI=1S/C19H21ClFNO/c20-19-11-16(21)9-8-15(19)13-23-18-7-3-4-14(10-18)12-22-17-5-1-2-6-17/h3-4,7-11,17,22H,1-2,5-6,12-13H2. The summed E-state index contributed by atoms with van der Waals surface area (Å²) in [6, 6.07) is 13.1. The zero-order valence-electron chi connectivity index (χ0n) is 13.0. The van der Waals surface area contributed by atoms with E-state index in [2.05, 4.69) is 11.4 Å². The topological polar surface area (TPSA) is 21.3 Å². The van der Waals surface area contributed by atoms with E-state index in [4.69, 9.17) is 16.3 Å². The van der Waals surface area contributed by atoms with Gasteiger partial charge in [0.25, 0.3) is 0 Å². The highest BCUT2D eigenvalue weighted by Gasteiger charge is 2.13. The molecule has 0 radical (unpaired) electrons. The Morgan fingerprint density at radius 2 is 1.96 bits per heavy atom. The number of rotatable bonds is 6.